The van der Waals surface area contributed by atoms with Crippen LogP contribution in [-0.4, -0.2) is 43.2 Å². The van der Waals surface area contributed by atoms with Gasteiger partial charge in [0, 0.05) is 38.3 Å². The standard InChI is InChI=1S/C15H19N3O2/c1-19-14-4-2-12(3-5-14)15-17-13(11-20-15)10-18-8-6-16-7-9-18/h2-5,11,16H,6-10H2,1H3. The van der Waals surface area contributed by atoms with E-state index in [2.05, 4.69) is 15.2 Å². The SMILES string of the molecule is COc1ccc(-c2nc(CN3CCNCC3)co2)cc1. The van der Waals surface area contributed by atoms with Gasteiger partial charge in [0.2, 0.25) is 5.89 Å². The topological polar surface area (TPSA) is 50.5 Å². The Labute approximate surface area is 118 Å². The molecule has 1 aliphatic rings. The summed E-state index contributed by atoms with van der Waals surface area (Å²) in [7, 11) is 1.66. The maximum Gasteiger partial charge on any atom is 0.226 e. The number of aromatic nitrogens is 1. The molecule has 2 heterocycles. The van der Waals surface area contributed by atoms with Crippen LogP contribution in [-0.2, 0) is 6.54 Å². The van der Waals surface area contributed by atoms with E-state index in [9.17, 15) is 0 Å². The van der Waals surface area contributed by atoms with Gasteiger partial charge >= 0.3 is 0 Å². The summed E-state index contributed by atoms with van der Waals surface area (Å²) in [5.74, 6) is 1.50. The van der Waals surface area contributed by atoms with Crippen molar-refractivity contribution < 1.29 is 9.15 Å². The molecule has 3 rings (SSSR count). The van der Waals surface area contributed by atoms with Gasteiger partial charge in [-0.15, -0.1) is 0 Å². The largest absolute Gasteiger partial charge is 0.497 e. The van der Waals surface area contributed by atoms with Crippen LogP contribution in [0.1, 0.15) is 5.69 Å². The Morgan fingerprint density at radius 1 is 1.25 bits per heavy atom. The maximum absolute atomic E-state index is 5.57. The van der Waals surface area contributed by atoms with E-state index in [4.69, 9.17) is 9.15 Å². The molecule has 1 aromatic heterocycles. The Kier molecular flexibility index (Phi) is 3.99. The number of rotatable bonds is 4. The van der Waals surface area contributed by atoms with Crippen LogP contribution in [0, 0.1) is 0 Å². The zero-order valence-corrected chi connectivity index (χ0v) is 11.6. The van der Waals surface area contributed by atoms with E-state index in [1.807, 2.05) is 24.3 Å². The number of piperazine rings is 1. The molecule has 1 aromatic carbocycles. The lowest BCUT2D eigenvalue weighted by Crippen LogP contribution is -2.42. The van der Waals surface area contributed by atoms with Gasteiger partial charge in [-0.1, -0.05) is 0 Å². The zero-order valence-electron chi connectivity index (χ0n) is 11.6. The molecule has 5 nitrogen and oxygen atoms in total. The Morgan fingerprint density at radius 2 is 2.00 bits per heavy atom. The smallest absolute Gasteiger partial charge is 0.226 e. The molecule has 1 N–H and O–H groups in total. The molecule has 0 radical (unpaired) electrons. The van der Waals surface area contributed by atoms with Crippen LogP contribution in [0.15, 0.2) is 34.9 Å². The van der Waals surface area contributed by atoms with Gasteiger partial charge in [-0.2, -0.15) is 0 Å². The maximum atomic E-state index is 5.57. The van der Waals surface area contributed by atoms with Gasteiger partial charge in [-0.05, 0) is 24.3 Å². The van der Waals surface area contributed by atoms with Crippen molar-refractivity contribution in [2.75, 3.05) is 33.3 Å². The average Bonchev–Trinajstić information content (AvgIpc) is 2.97. The number of nitrogens with zero attached hydrogens (tertiary/aromatic N) is 2. The first kappa shape index (κ1) is 13.1. The Balaban J connectivity index is 1.68. The highest BCUT2D eigenvalue weighted by atomic mass is 16.5. The van der Waals surface area contributed by atoms with Crippen LogP contribution >= 0.6 is 0 Å². The highest BCUT2D eigenvalue weighted by molar-refractivity contribution is 5.54. The highest BCUT2D eigenvalue weighted by Gasteiger charge is 2.13. The van der Waals surface area contributed by atoms with E-state index in [0.717, 1.165) is 49.7 Å². The van der Waals surface area contributed by atoms with Crippen LogP contribution < -0.4 is 10.1 Å². The van der Waals surface area contributed by atoms with Gasteiger partial charge in [0.05, 0.1) is 12.8 Å². The molecule has 0 bridgehead atoms. The van der Waals surface area contributed by atoms with Crippen LogP contribution in [0.4, 0.5) is 0 Å². The number of benzene rings is 1. The van der Waals surface area contributed by atoms with Crippen LogP contribution in [0.3, 0.4) is 0 Å². The van der Waals surface area contributed by atoms with Crippen molar-refractivity contribution in [3.63, 3.8) is 0 Å². The molecule has 1 aliphatic heterocycles. The van der Waals surface area contributed by atoms with E-state index in [0.29, 0.717) is 5.89 Å². The number of nitrogens with one attached hydrogen (secondary N) is 1. The molecule has 106 valence electrons. The van der Waals surface area contributed by atoms with Gasteiger partial charge in [0.1, 0.15) is 12.0 Å². The monoisotopic (exact) mass is 273 g/mol. The van der Waals surface area contributed by atoms with Crippen molar-refractivity contribution in [1.29, 1.82) is 0 Å². The fourth-order valence-corrected chi connectivity index (χ4v) is 2.34. The van der Waals surface area contributed by atoms with Gasteiger partial charge in [0.15, 0.2) is 0 Å². The average molecular weight is 273 g/mol. The minimum absolute atomic E-state index is 0.665. The van der Waals surface area contributed by atoms with Crippen LogP contribution in [0.25, 0.3) is 11.5 Å². The van der Waals surface area contributed by atoms with E-state index >= 15 is 0 Å². The lowest BCUT2D eigenvalue weighted by molar-refractivity contribution is 0.230. The predicted octanol–water partition coefficient (Wildman–Crippen LogP) is 1.76. The fourth-order valence-electron chi connectivity index (χ4n) is 2.34. The Bertz CT molecular complexity index is 545. The summed E-state index contributed by atoms with van der Waals surface area (Å²) in [6, 6.07) is 7.74. The van der Waals surface area contributed by atoms with Gasteiger partial charge in [-0.3, -0.25) is 4.90 Å². The summed E-state index contributed by atoms with van der Waals surface area (Å²) in [5, 5.41) is 3.34. The third-order valence-electron chi connectivity index (χ3n) is 3.48. The van der Waals surface area contributed by atoms with E-state index in [-0.39, 0.29) is 0 Å². The number of hydrogen-bond donors (Lipinski definition) is 1. The summed E-state index contributed by atoms with van der Waals surface area (Å²) in [6.45, 7) is 5.06. The second-order valence-electron chi connectivity index (χ2n) is 4.90. The molecule has 1 saturated heterocycles. The second-order valence-corrected chi connectivity index (χ2v) is 4.90. The summed E-state index contributed by atoms with van der Waals surface area (Å²) in [6.07, 6.45) is 1.75. The second kappa shape index (κ2) is 6.07. The van der Waals surface area contributed by atoms with Crippen LogP contribution in [0.5, 0.6) is 5.75 Å². The van der Waals surface area contributed by atoms with Crippen molar-refractivity contribution in [2.45, 2.75) is 6.54 Å². The molecule has 0 atom stereocenters. The van der Waals surface area contributed by atoms with Gasteiger partial charge in [0.25, 0.3) is 0 Å². The van der Waals surface area contributed by atoms with Crippen molar-refractivity contribution >= 4 is 0 Å². The third kappa shape index (κ3) is 3.00. The molecule has 0 spiro atoms. The Hall–Kier alpha value is -1.85. The molecule has 0 amide bonds. The number of methoxy groups -OCH3 is 1. The first-order chi connectivity index (χ1) is 9.85. The molecule has 20 heavy (non-hydrogen) atoms. The van der Waals surface area contributed by atoms with Crippen molar-refractivity contribution in [3.05, 3.63) is 36.2 Å². The Morgan fingerprint density at radius 3 is 2.70 bits per heavy atom. The lowest BCUT2D eigenvalue weighted by Gasteiger charge is -2.25. The van der Waals surface area contributed by atoms with Gasteiger partial charge in [-0.25, -0.2) is 4.98 Å². The minimum atomic E-state index is 0.665. The molecule has 0 unspecified atom stereocenters. The van der Waals surface area contributed by atoms with Crippen LogP contribution in [0.2, 0.25) is 0 Å². The van der Waals surface area contributed by atoms with Crippen molar-refractivity contribution in [2.24, 2.45) is 0 Å². The molecule has 1 fully saturated rings. The first-order valence-electron chi connectivity index (χ1n) is 6.87. The number of oxazole rings is 1. The van der Waals surface area contributed by atoms with E-state index < -0.39 is 0 Å². The normalized spacial score (nSPS) is 16.2. The molecular formula is C15H19N3O2. The van der Waals surface area contributed by atoms with Crippen molar-refractivity contribution in [3.8, 4) is 17.2 Å². The molecule has 5 heteroatoms. The summed E-state index contributed by atoms with van der Waals surface area (Å²) in [5.41, 5.74) is 1.95. The summed E-state index contributed by atoms with van der Waals surface area (Å²) in [4.78, 5) is 6.94. The highest BCUT2D eigenvalue weighted by Crippen LogP contribution is 2.22. The summed E-state index contributed by atoms with van der Waals surface area (Å²) < 4.78 is 10.7. The quantitative estimate of drug-likeness (QED) is 0.920. The van der Waals surface area contributed by atoms with Crippen molar-refractivity contribution in [1.82, 2.24) is 15.2 Å². The number of hydrogen-bond acceptors (Lipinski definition) is 5. The molecule has 0 saturated carbocycles. The minimum Gasteiger partial charge on any atom is -0.497 e. The lowest BCUT2D eigenvalue weighted by atomic mass is 10.2. The molecule has 0 aliphatic carbocycles. The van der Waals surface area contributed by atoms with E-state index in [1.165, 1.54) is 0 Å². The fraction of sp³-hybridized carbons (Fsp3) is 0.400. The van der Waals surface area contributed by atoms with Gasteiger partial charge < -0.3 is 14.5 Å². The third-order valence-corrected chi connectivity index (χ3v) is 3.48. The zero-order chi connectivity index (χ0) is 13.8. The summed E-state index contributed by atoms with van der Waals surface area (Å²) >= 11 is 0. The molecular weight excluding hydrogens is 254 g/mol. The van der Waals surface area contributed by atoms with E-state index in [1.54, 1.807) is 13.4 Å². The molecule has 2 aromatic rings. The predicted molar refractivity (Wildman–Crippen MR) is 76.6 cm³/mol. The number of ether oxygens (including phenoxy) is 1. The first-order valence-corrected chi connectivity index (χ1v) is 6.87.